The first-order chi connectivity index (χ1) is 7.16. The minimum Gasteiger partial charge on any atom is -0.481 e. The Morgan fingerprint density at radius 3 is 2.47 bits per heavy atom. The van der Waals surface area contributed by atoms with Crippen LogP contribution in [-0.2, 0) is 4.79 Å². The third-order valence-corrected chi connectivity index (χ3v) is 4.14. The van der Waals surface area contributed by atoms with E-state index >= 15 is 0 Å². The molecule has 15 heavy (non-hydrogen) atoms. The second-order valence-corrected chi connectivity index (χ2v) is 5.27. The van der Waals surface area contributed by atoms with Crippen molar-refractivity contribution in [1.82, 2.24) is 4.90 Å². The number of hydrogen-bond acceptors (Lipinski definition) is 2. The van der Waals surface area contributed by atoms with E-state index in [4.69, 9.17) is 5.11 Å². The summed E-state index contributed by atoms with van der Waals surface area (Å²) in [5, 5.41) is 8.75. The van der Waals surface area contributed by atoms with Crippen molar-refractivity contribution < 1.29 is 9.90 Å². The van der Waals surface area contributed by atoms with Crippen LogP contribution in [0, 0.1) is 17.8 Å². The molecule has 0 aromatic heterocycles. The van der Waals surface area contributed by atoms with Gasteiger partial charge in [0.05, 0.1) is 0 Å². The molecule has 0 spiro atoms. The van der Waals surface area contributed by atoms with Crippen molar-refractivity contribution >= 4 is 5.97 Å². The quantitative estimate of drug-likeness (QED) is 0.774. The van der Waals surface area contributed by atoms with Gasteiger partial charge in [0.15, 0.2) is 0 Å². The summed E-state index contributed by atoms with van der Waals surface area (Å²) < 4.78 is 0. The van der Waals surface area contributed by atoms with Crippen molar-refractivity contribution in [2.75, 3.05) is 20.1 Å². The lowest BCUT2D eigenvalue weighted by molar-refractivity contribution is -0.137. The van der Waals surface area contributed by atoms with E-state index in [2.05, 4.69) is 11.9 Å². The van der Waals surface area contributed by atoms with Crippen molar-refractivity contribution in [3.8, 4) is 0 Å². The number of piperidine rings is 1. The maximum absolute atomic E-state index is 10.6. The lowest BCUT2D eigenvalue weighted by atomic mass is 9.67. The van der Waals surface area contributed by atoms with Crippen molar-refractivity contribution in [2.45, 2.75) is 32.1 Å². The zero-order valence-electron chi connectivity index (χ0n) is 9.48. The zero-order chi connectivity index (χ0) is 10.8. The summed E-state index contributed by atoms with van der Waals surface area (Å²) in [5.74, 6) is 1.58. The number of nitrogens with zero attached hydrogens (tertiary/aromatic N) is 1. The predicted molar refractivity (Wildman–Crippen MR) is 58.7 cm³/mol. The molecule has 1 saturated heterocycles. The molecule has 2 atom stereocenters. The first kappa shape index (κ1) is 10.9. The number of likely N-dealkylation sites (tertiary alicyclic amines) is 1. The first-order valence-electron chi connectivity index (χ1n) is 6.07. The molecule has 0 amide bonds. The SMILES string of the molecule is CN1CC2CCCC(C1)C2CCC(=O)O. The molecule has 2 fully saturated rings. The zero-order valence-corrected chi connectivity index (χ0v) is 9.48. The van der Waals surface area contributed by atoms with Crippen LogP contribution in [0.5, 0.6) is 0 Å². The average molecular weight is 211 g/mol. The third-order valence-electron chi connectivity index (χ3n) is 4.14. The Balaban J connectivity index is 1.95. The second kappa shape index (κ2) is 4.52. The van der Waals surface area contributed by atoms with Crippen molar-refractivity contribution in [2.24, 2.45) is 17.8 Å². The molecule has 2 unspecified atom stereocenters. The van der Waals surface area contributed by atoms with Gasteiger partial charge in [-0.1, -0.05) is 6.42 Å². The second-order valence-electron chi connectivity index (χ2n) is 5.27. The fourth-order valence-electron chi connectivity index (χ4n) is 3.55. The van der Waals surface area contributed by atoms with Gasteiger partial charge >= 0.3 is 5.97 Å². The van der Waals surface area contributed by atoms with Crippen LogP contribution in [-0.4, -0.2) is 36.1 Å². The van der Waals surface area contributed by atoms with Gasteiger partial charge < -0.3 is 10.0 Å². The largest absolute Gasteiger partial charge is 0.481 e. The fraction of sp³-hybridized carbons (Fsp3) is 0.917. The summed E-state index contributed by atoms with van der Waals surface area (Å²) in [4.78, 5) is 13.0. The Morgan fingerprint density at radius 1 is 1.33 bits per heavy atom. The van der Waals surface area contributed by atoms with Crippen LogP contribution in [0.15, 0.2) is 0 Å². The van der Waals surface area contributed by atoms with Gasteiger partial charge in [-0.3, -0.25) is 4.79 Å². The number of carbonyl (C=O) groups is 1. The maximum Gasteiger partial charge on any atom is 0.303 e. The Labute approximate surface area is 91.5 Å². The summed E-state index contributed by atoms with van der Waals surface area (Å²) in [6, 6.07) is 0. The van der Waals surface area contributed by atoms with E-state index in [-0.39, 0.29) is 0 Å². The molecule has 1 aliphatic heterocycles. The summed E-state index contributed by atoms with van der Waals surface area (Å²) in [5.41, 5.74) is 0. The first-order valence-corrected chi connectivity index (χ1v) is 6.07. The third kappa shape index (κ3) is 2.51. The molecule has 86 valence electrons. The molecule has 2 rings (SSSR count). The van der Waals surface area contributed by atoms with Crippen LogP contribution in [0.4, 0.5) is 0 Å². The van der Waals surface area contributed by atoms with Gasteiger partial charge in [0.2, 0.25) is 0 Å². The van der Waals surface area contributed by atoms with Gasteiger partial charge in [0, 0.05) is 19.5 Å². The molecule has 1 N–H and O–H groups in total. The molecule has 1 heterocycles. The van der Waals surface area contributed by atoms with Crippen LogP contribution >= 0.6 is 0 Å². The van der Waals surface area contributed by atoms with E-state index in [9.17, 15) is 4.79 Å². The highest BCUT2D eigenvalue weighted by Crippen LogP contribution is 2.41. The lowest BCUT2D eigenvalue weighted by Gasteiger charge is -2.46. The summed E-state index contributed by atoms with van der Waals surface area (Å²) in [7, 11) is 2.19. The Bertz CT molecular complexity index is 228. The number of rotatable bonds is 3. The molecule has 1 aliphatic carbocycles. The van der Waals surface area contributed by atoms with Crippen LogP contribution < -0.4 is 0 Å². The van der Waals surface area contributed by atoms with Gasteiger partial charge in [-0.15, -0.1) is 0 Å². The normalized spacial score (nSPS) is 36.5. The minimum absolute atomic E-state index is 0.362. The highest BCUT2D eigenvalue weighted by Gasteiger charge is 2.37. The molecule has 2 bridgehead atoms. The Kier molecular flexibility index (Phi) is 3.29. The van der Waals surface area contributed by atoms with E-state index < -0.39 is 5.97 Å². The van der Waals surface area contributed by atoms with E-state index in [0.717, 1.165) is 18.3 Å². The summed E-state index contributed by atoms with van der Waals surface area (Å²) in [6.45, 7) is 2.36. The molecule has 0 aromatic rings. The highest BCUT2D eigenvalue weighted by atomic mass is 16.4. The van der Waals surface area contributed by atoms with Gasteiger partial charge in [-0.2, -0.15) is 0 Å². The van der Waals surface area contributed by atoms with Crippen LogP contribution in [0.2, 0.25) is 0 Å². The minimum atomic E-state index is -0.632. The van der Waals surface area contributed by atoms with Crippen molar-refractivity contribution in [1.29, 1.82) is 0 Å². The predicted octanol–water partition coefficient (Wildman–Crippen LogP) is 1.83. The smallest absolute Gasteiger partial charge is 0.303 e. The summed E-state index contributed by atoms with van der Waals surface area (Å²) >= 11 is 0. The number of carboxylic acid groups (broad SMARTS) is 1. The Hall–Kier alpha value is -0.570. The van der Waals surface area contributed by atoms with Crippen LogP contribution in [0.3, 0.4) is 0 Å². The van der Waals surface area contributed by atoms with E-state index in [1.54, 1.807) is 0 Å². The van der Waals surface area contributed by atoms with E-state index in [0.29, 0.717) is 12.3 Å². The molecule has 0 radical (unpaired) electrons. The molecule has 3 nitrogen and oxygen atoms in total. The van der Waals surface area contributed by atoms with Crippen molar-refractivity contribution in [3.63, 3.8) is 0 Å². The number of carboxylic acids is 1. The molecule has 2 aliphatic rings. The standard InChI is InChI=1S/C12H21NO2/c1-13-7-9-3-2-4-10(8-13)11(9)5-6-12(14)15/h9-11H,2-8H2,1H3,(H,14,15). The maximum atomic E-state index is 10.6. The van der Waals surface area contributed by atoms with E-state index in [1.165, 1.54) is 32.4 Å². The molecule has 0 aromatic carbocycles. The molecule has 3 heteroatoms. The van der Waals surface area contributed by atoms with Crippen LogP contribution in [0.25, 0.3) is 0 Å². The van der Waals surface area contributed by atoms with E-state index in [1.807, 2.05) is 0 Å². The Morgan fingerprint density at radius 2 is 1.93 bits per heavy atom. The fourth-order valence-corrected chi connectivity index (χ4v) is 3.55. The number of aliphatic carboxylic acids is 1. The molecule has 1 saturated carbocycles. The summed E-state index contributed by atoms with van der Waals surface area (Å²) in [6.07, 6.45) is 5.24. The lowest BCUT2D eigenvalue weighted by Crippen LogP contribution is -2.46. The molecular formula is C12H21NO2. The highest BCUT2D eigenvalue weighted by molar-refractivity contribution is 5.66. The van der Waals surface area contributed by atoms with Gasteiger partial charge in [0.25, 0.3) is 0 Å². The van der Waals surface area contributed by atoms with Crippen LogP contribution in [0.1, 0.15) is 32.1 Å². The molecular weight excluding hydrogens is 190 g/mol. The number of hydrogen-bond donors (Lipinski definition) is 1. The topological polar surface area (TPSA) is 40.5 Å². The van der Waals surface area contributed by atoms with Gasteiger partial charge in [-0.05, 0) is 44.1 Å². The van der Waals surface area contributed by atoms with Crippen molar-refractivity contribution in [3.05, 3.63) is 0 Å². The number of fused-ring (bicyclic) bond motifs is 2. The van der Waals surface area contributed by atoms with Gasteiger partial charge in [0.1, 0.15) is 0 Å². The average Bonchev–Trinajstić information content (AvgIpc) is 2.14. The monoisotopic (exact) mass is 211 g/mol. The van der Waals surface area contributed by atoms with Gasteiger partial charge in [-0.25, -0.2) is 0 Å².